The Morgan fingerprint density at radius 3 is 2.57 bits per heavy atom. The third kappa shape index (κ3) is 3.95. The number of rotatable bonds is 4. The monoisotopic (exact) mass is 292 g/mol. The maximum absolute atomic E-state index is 11.9. The average Bonchev–Trinajstić information content (AvgIpc) is 2.87. The summed E-state index contributed by atoms with van der Waals surface area (Å²) >= 11 is 0. The van der Waals surface area contributed by atoms with E-state index >= 15 is 0 Å². The molecule has 0 bridgehead atoms. The molecular formula is C15H20N2O4. The topological polar surface area (TPSA) is 87.7 Å². The third-order valence-electron chi connectivity index (χ3n) is 3.64. The van der Waals surface area contributed by atoms with E-state index in [2.05, 4.69) is 10.6 Å². The molecule has 114 valence electrons. The zero-order chi connectivity index (χ0) is 15.4. The maximum Gasteiger partial charge on any atom is 0.315 e. The SMILES string of the molecule is Cc1ccc(C(C)NC(=O)NC2COCC2C(=O)O)cc1. The van der Waals surface area contributed by atoms with Crippen LogP contribution in [-0.4, -0.2) is 36.4 Å². The summed E-state index contributed by atoms with van der Waals surface area (Å²) in [6, 6.07) is 6.85. The number of carboxylic acids is 1. The second-order valence-corrected chi connectivity index (χ2v) is 5.34. The lowest BCUT2D eigenvalue weighted by Crippen LogP contribution is -2.47. The molecule has 1 aliphatic heterocycles. The number of aryl methyl sites for hydroxylation is 1. The van der Waals surface area contributed by atoms with Crippen LogP contribution in [0.25, 0.3) is 0 Å². The second-order valence-electron chi connectivity index (χ2n) is 5.34. The molecule has 0 saturated carbocycles. The smallest absolute Gasteiger partial charge is 0.315 e. The van der Waals surface area contributed by atoms with E-state index in [-0.39, 0.29) is 25.3 Å². The molecule has 1 aromatic rings. The van der Waals surface area contributed by atoms with Gasteiger partial charge in [-0.15, -0.1) is 0 Å². The van der Waals surface area contributed by atoms with E-state index < -0.39 is 17.9 Å². The quantitative estimate of drug-likeness (QED) is 0.784. The van der Waals surface area contributed by atoms with Gasteiger partial charge in [-0.1, -0.05) is 29.8 Å². The Morgan fingerprint density at radius 1 is 1.29 bits per heavy atom. The van der Waals surface area contributed by atoms with Gasteiger partial charge >= 0.3 is 12.0 Å². The Bertz CT molecular complexity index is 515. The highest BCUT2D eigenvalue weighted by Crippen LogP contribution is 2.15. The number of benzene rings is 1. The predicted octanol–water partition coefficient (Wildman–Crippen LogP) is 1.45. The predicted molar refractivity (Wildman–Crippen MR) is 77.0 cm³/mol. The molecule has 3 atom stereocenters. The lowest BCUT2D eigenvalue weighted by Gasteiger charge is -2.19. The van der Waals surface area contributed by atoms with E-state index in [0.29, 0.717) is 0 Å². The van der Waals surface area contributed by atoms with Gasteiger partial charge in [0.05, 0.1) is 25.3 Å². The number of aliphatic carboxylic acids is 1. The van der Waals surface area contributed by atoms with Crippen LogP contribution in [0.4, 0.5) is 4.79 Å². The fourth-order valence-corrected chi connectivity index (χ4v) is 2.29. The lowest BCUT2D eigenvalue weighted by molar-refractivity contribution is -0.142. The van der Waals surface area contributed by atoms with Gasteiger partial charge in [0.25, 0.3) is 0 Å². The van der Waals surface area contributed by atoms with Crippen molar-refractivity contribution in [3.8, 4) is 0 Å². The van der Waals surface area contributed by atoms with Gasteiger partial charge in [0.2, 0.25) is 0 Å². The highest BCUT2D eigenvalue weighted by Gasteiger charge is 2.35. The normalized spacial score (nSPS) is 22.6. The van der Waals surface area contributed by atoms with Gasteiger partial charge in [-0.3, -0.25) is 4.79 Å². The van der Waals surface area contributed by atoms with Crippen molar-refractivity contribution in [2.24, 2.45) is 5.92 Å². The van der Waals surface area contributed by atoms with E-state index in [1.54, 1.807) is 0 Å². The number of hydrogen-bond acceptors (Lipinski definition) is 3. The van der Waals surface area contributed by atoms with Gasteiger partial charge < -0.3 is 20.5 Å². The third-order valence-corrected chi connectivity index (χ3v) is 3.64. The summed E-state index contributed by atoms with van der Waals surface area (Å²) < 4.78 is 5.11. The van der Waals surface area contributed by atoms with Crippen molar-refractivity contribution in [3.05, 3.63) is 35.4 Å². The van der Waals surface area contributed by atoms with Crippen LogP contribution in [-0.2, 0) is 9.53 Å². The zero-order valence-electron chi connectivity index (χ0n) is 12.1. The van der Waals surface area contributed by atoms with E-state index in [9.17, 15) is 9.59 Å². The highest BCUT2D eigenvalue weighted by molar-refractivity contribution is 5.77. The first-order chi connectivity index (χ1) is 9.97. The number of carboxylic acid groups (broad SMARTS) is 1. The molecule has 3 N–H and O–H groups in total. The number of carbonyl (C=O) groups is 2. The molecule has 1 aliphatic rings. The van der Waals surface area contributed by atoms with Gasteiger partial charge in [-0.2, -0.15) is 0 Å². The Kier molecular flexibility index (Phi) is 4.80. The van der Waals surface area contributed by atoms with Crippen molar-refractivity contribution in [1.29, 1.82) is 0 Å². The van der Waals surface area contributed by atoms with Crippen LogP contribution in [0.3, 0.4) is 0 Å². The van der Waals surface area contributed by atoms with Gasteiger partial charge in [0.1, 0.15) is 5.92 Å². The Morgan fingerprint density at radius 2 is 1.95 bits per heavy atom. The molecule has 2 rings (SSSR count). The summed E-state index contributed by atoms with van der Waals surface area (Å²) in [5.41, 5.74) is 2.15. The number of ether oxygens (including phenoxy) is 1. The molecule has 6 nitrogen and oxygen atoms in total. The van der Waals surface area contributed by atoms with Crippen LogP contribution >= 0.6 is 0 Å². The lowest BCUT2D eigenvalue weighted by atomic mass is 10.0. The van der Waals surface area contributed by atoms with Crippen molar-refractivity contribution in [1.82, 2.24) is 10.6 Å². The fraction of sp³-hybridized carbons (Fsp3) is 0.467. The number of hydrogen-bond donors (Lipinski definition) is 3. The van der Waals surface area contributed by atoms with Crippen LogP contribution < -0.4 is 10.6 Å². The average molecular weight is 292 g/mol. The van der Waals surface area contributed by atoms with Crippen LogP contribution in [0.1, 0.15) is 24.1 Å². The van der Waals surface area contributed by atoms with Crippen molar-refractivity contribution in [2.45, 2.75) is 25.9 Å². The summed E-state index contributed by atoms with van der Waals surface area (Å²) in [4.78, 5) is 23.0. The second kappa shape index (κ2) is 6.58. The molecule has 0 aromatic heterocycles. The van der Waals surface area contributed by atoms with Crippen LogP contribution in [0, 0.1) is 12.8 Å². The van der Waals surface area contributed by atoms with Gasteiger partial charge in [-0.05, 0) is 19.4 Å². The first-order valence-corrected chi connectivity index (χ1v) is 6.91. The Balaban J connectivity index is 1.89. The fourth-order valence-electron chi connectivity index (χ4n) is 2.29. The molecule has 21 heavy (non-hydrogen) atoms. The highest BCUT2D eigenvalue weighted by atomic mass is 16.5. The minimum absolute atomic E-state index is 0.133. The van der Waals surface area contributed by atoms with E-state index in [4.69, 9.17) is 9.84 Å². The van der Waals surface area contributed by atoms with Gasteiger partial charge in [0.15, 0.2) is 0 Å². The zero-order valence-corrected chi connectivity index (χ0v) is 12.1. The van der Waals surface area contributed by atoms with E-state index in [1.807, 2.05) is 38.1 Å². The summed E-state index contributed by atoms with van der Waals surface area (Å²) in [5.74, 6) is -1.64. The minimum Gasteiger partial charge on any atom is -0.481 e. The molecular weight excluding hydrogens is 272 g/mol. The molecule has 3 unspecified atom stereocenters. The number of carbonyl (C=O) groups excluding carboxylic acids is 1. The van der Waals surface area contributed by atoms with E-state index in [0.717, 1.165) is 11.1 Å². The molecule has 0 spiro atoms. The number of urea groups is 1. The van der Waals surface area contributed by atoms with E-state index in [1.165, 1.54) is 0 Å². The summed E-state index contributed by atoms with van der Waals surface area (Å²) in [5, 5.41) is 14.5. The molecule has 6 heteroatoms. The Hall–Kier alpha value is -2.08. The minimum atomic E-state index is -0.954. The largest absolute Gasteiger partial charge is 0.481 e. The van der Waals surface area contributed by atoms with Crippen LogP contribution in [0.2, 0.25) is 0 Å². The van der Waals surface area contributed by atoms with Crippen molar-refractivity contribution in [2.75, 3.05) is 13.2 Å². The molecule has 2 amide bonds. The van der Waals surface area contributed by atoms with Gasteiger partial charge in [0, 0.05) is 0 Å². The molecule has 1 fully saturated rings. The molecule has 1 saturated heterocycles. The first kappa shape index (κ1) is 15.3. The Labute approximate surface area is 123 Å². The molecule has 1 heterocycles. The standard InChI is InChI=1S/C15H20N2O4/c1-9-3-5-11(6-4-9)10(2)16-15(20)17-13-8-21-7-12(13)14(18)19/h3-6,10,12-13H,7-8H2,1-2H3,(H,18,19)(H2,16,17,20). The molecule has 1 aromatic carbocycles. The van der Waals surface area contributed by atoms with Crippen molar-refractivity contribution < 1.29 is 19.4 Å². The van der Waals surface area contributed by atoms with Crippen molar-refractivity contribution >= 4 is 12.0 Å². The summed E-state index contributed by atoms with van der Waals surface area (Å²) in [6.07, 6.45) is 0. The molecule has 0 aliphatic carbocycles. The van der Waals surface area contributed by atoms with Gasteiger partial charge in [-0.25, -0.2) is 4.79 Å². The maximum atomic E-state index is 11.9. The summed E-state index contributed by atoms with van der Waals surface area (Å²) in [7, 11) is 0. The molecule has 0 radical (unpaired) electrons. The first-order valence-electron chi connectivity index (χ1n) is 6.91. The number of nitrogens with one attached hydrogen (secondary N) is 2. The number of amides is 2. The summed E-state index contributed by atoms with van der Waals surface area (Å²) in [6.45, 7) is 4.24. The van der Waals surface area contributed by atoms with Crippen molar-refractivity contribution in [3.63, 3.8) is 0 Å². The van der Waals surface area contributed by atoms with Crippen LogP contribution in [0.15, 0.2) is 24.3 Å². The van der Waals surface area contributed by atoms with Crippen LogP contribution in [0.5, 0.6) is 0 Å².